The van der Waals surface area contributed by atoms with E-state index in [4.69, 9.17) is 10.2 Å². The minimum Gasteiger partial charge on any atom is -0.378 e. The number of pyridine rings is 2. The summed E-state index contributed by atoms with van der Waals surface area (Å²) in [4.78, 5) is 17.3. The van der Waals surface area contributed by atoms with Gasteiger partial charge in [0, 0.05) is 30.7 Å². The topological polar surface area (TPSA) is 75.1 Å². The fourth-order valence-electron chi connectivity index (χ4n) is 3.69. The summed E-state index contributed by atoms with van der Waals surface area (Å²) in [7, 11) is 0. The number of anilines is 1. The number of fused-ring (bicyclic) bond motifs is 1. The summed E-state index contributed by atoms with van der Waals surface area (Å²) in [6, 6.07) is 13.2. The van der Waals surface area contributed by atoms with Crippen LogP contribution in [0.5, 0.6) is 0 Å². The third kappa shape index (κ3) is 3.35. The Morgan fingerprint density at radius 3 is 2.50 bits per heavy atom. The van der Waals surface area contributed by atoms with E-state index in [2.05, 4.69) is 37.4 Å². The minimum absolute atomic E-state index is 0.247. The van der Waals surface area contributed by atoms with Crippen LogP contribution in [0.1, 0.15) is 33.6 Å². The number of benzene rings is 1. The third-order valence-electron chi connectivity index (χ3n) is 5.61. The van der Waals surface area contributed by atoms with Gasteiger partial charge in [0.15, 0.2) is 5.65 Å². The molecule has 6 nitrogen and oxygen atoms in total. The van der Waals surface area contributed by atoms with Gasteiger partial charge in [0.05, 0.1) is 28.7 Å². The van der Waals surface area contributed by atoms with Gasteiger partial charge in [-0.1, -0.05) is 18.2 Å². The highest BCUT2D eigenvalue weighted by molar-refractivity contribution is 5.71. The van der Waals surface area contributed by atoms with Gasteiger partial charge in [-0.15, -0.1) is 0 Å². The van der Waals surface area contributed by atoms with Gasteiger partial charge in [0.25, 0.3) is 5.56 Å². The first-order valence-electron chi connectivity index (χ1n) is 9.80. The minimum atomic E-state index is -0.247. The molecule has 6 heteroatoms. The molecule has 0 unspecified atom stereocenters. The van der Waals surface area contributed by atoms with Crippen molar-refractivity contribution < 1.29 is 0 Å². The standard InChI is InChI=1S/C24H23N5O/c1-15-6-5-7-16(2)21(15)13-26-22-11-20(14-29-18(4)17(3)27-24(22)29)28-9-8-19(12-25)10-23(28)30/h5-11,14,26H,13H2,1-4H3. The Balaban J connectivity index is 1.84. The molecule has 3 heterocycles. The number of hydrogen-bond donors (Lipinski definition) is 1. The van der Waals surface area contributed by atoms with E-state index in [1.54, 1.807) is 16.8 Å². The summed E-state index contributed by atoms with van der Waals surface area (Å²) in [5.41, 5.74) is 8.15. The summed E-state index contributed by atoms with van der Waals surface area (Å²) in [5, 5.41) is 12.6. The van der Waals surface area contributed by atoms with Crippen LogP contribution in [0.4, 0.5) is 5.69 Å². The van der Waals surface area contributed by atoms with Gasteiger partial charge in [0.1, 0.15) is 0 Å². The summed E-state index contributed by atoms with van der Waals surface area (Å²) >= 11 is 0. The quantitative estimate of drug-likeness (QED) is 0.560. The molecule has 3 aromatic heterocycles. The van der Waals surface area contributed by atoms with E-state index < -0.39 is 0 Å². The first-order chi connectivity index (χ1) is 14.4. The molecule has 0 spiro atoms. The highest BCUT2D eigenvalue weighted by Gasteiger charge is 2.13. The van der Waals surface area contributed by atoms with Crippen molar-refractivity contribution in [3.05, 3.63) is 92.8 Å². The SMILES string of the molecule is Cc1cccc(C)c1CNc1cc(-n2ccc(C#N)cc2=O)cn2c(C)c(C)nc12. The van der Waals surface area contributed by atoms with Crippen LogP contribution in [0.3, 0.4) is 0 Å². The molecule has 0 aliphatic rings. The van der Waals surface area contributed by atoms with E-state index in [-0.39, 0.29) is 5.56 Å². The van der Waals surface area contributed by atoms with Crippen LogP contribution in [0.15, 0.2) is 53.6 Å². The van der Waals surface area contributed by atoms with Crippen LogP contribution >= 0.6 is 0 Å². The van der Waals surface area contributed by atoms with E-state index in [9.17, 15) is 4.79 Å². The van der Waals surface area contributed by atoms with Crippen LogP contribution in [0, 0.1) is 39.0 Å². The molecule has 0 atom stereocenters. The number of nitrogens with zero attached hydrogens (tertiary/aromatic N) is 4. The molecule has 0 aliphatic heterocycles. The van der Waals surface area contributed by atoms with Gasteiger partial charge in [-0.05, 0) is 56.5 Å². The lowest BCUT2D eigenvalue weighted by molar-refractivity contribution is 0.957. The third-order valence-corrected chi connectivity index (χ3v) is 5.61. The van der Waals surface area contributed by atoms with Crippen molar-refractivity contribution in [2.45, 2.75) is 34.2 Å². The molecular formula is C24H23N5O. The van der Waals surface area contributed by atoms with Crippen molar-refractivity contribution in [3.63, 3.8) is 0 Å². The van der Waals surface area contributed by atoms with Crippen molar-refractivity contribution in [2.24, 2.45) is 0 Å². The van der Waals surface area contributed by atoms with Crippen LogP contribution in [0.25, 0.3) is 11.3 Å². The molecule has 0 aliphatic carbocycles. The van der Waals surface area contributed by atoms with Gasteiger partial charge in [-0.25, -0.2) is 4.98 Å². The highest BCUT2D eigenvalue weighted by atomic mass is 16.1. The largest absolute Gasteiger partial charge is 0.378 e. The van der Waals surface area contributed by atoms with Crippen LogP contribution in [-0.2, 0) is 6.54 Å². The van der Waals surface area contributed by atoms with Gasteiger partial charge in [-0.2, -0.15) is 5.26 Å². The first-order valence-corrected chi connectivity index (χ1v) is 9.80. The maximum atomic E-state index is 12.6. The molecule has 0 saturated carbocycles. The second-order valence-electron chi connectivity index (χ2n) is 7.55. The van der Waals surface area contributed by atoms with Crippen LogP contribution in [-0.4, -0.2) is 14.0 Å². The monoisotopic (exact) mass is 397 g/mol. The molecule has 1 aromatic carbocycles. The lowest BCUT2D eigenvalue weighted by Crippen LogP contribution is -2.18. The van der Waals surface area contributed by atoms with E-state index in [0.717, 1.165) is 22.7 Å². The Morgan fingerprint density at radius 1 is 1.10 bits per heavy atom. The van der Waals surface area contributed by atoms with E-state index >= 15 is 0 Å². The van der Waals surface area contributed by atoms with E-state index in [1.165, 1.54) is 22.8 Å². The second kappa shape index (κ2) is 7.53. The average molecular weight is 397 g/mol. The fraction of sp³-hybridized carbons (Fsp3) is 0.208. The Kier molecular flexibility index (Phi) is 4.88. The van der Waals surface area contributed by atoms with Crippen molar-refractivity contribution in [2.75, 3.05) is 5.32 Å². The van der Waals surface area contributed by atoms with Crippen LogP contribution in [0.2, 0.25) is 0 Å². The summed E-state index contributed by atoms with van der Waals surface area (Å²) in [5.74, 6) is 0. The zero-order valence-electron chi connectivity index (χ0n) is 17.5. The summed E-state index contributed by atoms with van der Waals surface area (Å²) in [6.45, 7) is 8.86. The maximum Gasteiger partial charge on any atom is 0.256 e. The number of aromatic nitrogens is 3. The zero-order chi connectivity index (χ0) is 21.4. The molecule has 0 bridgehead atoms. The molecule has 150 valence electrons. The van der Waals surface area contributed by atoms with E-state index in [0.29, 0.717) is 17.8 Å². The highest BCUT2D eigenvalue weighted by Crippen LogP contribution is 2.25. The summed E-state index contributed by atoms with van der Waals surface area (Å²) < 4.78 is 3.54. The maximum absolute atomic E-state index is 12.6. The lowest BCUT2D eigenvalue weighted by atomic mass is 10.0. The molecular weight excluding hydrogens is 374 g/mol. The summed E-state index contributed by atoms with van der Waals surface area (Å²) in [6.07, 6.45) is 3.54. The van der Waals surface area contributed by atoms with Gasteiger partial charge < -0.3 is 9.72 Å². The van der Waals surface area contributed by atoms with Crippen molar-refractivity contribution in [3.8, 4) is 11.8 Å². The van der Waals surface area contributed by atoms with Gasteiger partial charge >= 0.3 is 0 Å². The number of nitriles is 1. The average Bonchev–Trinajstić information content (AvgIpc) is 3.01. The molecule has 30 heavy (non-hydrogen) atoms. The normalized spacial score (nSPS) is 10.9. The van der Waals surface area contributed by atoms with E-state index in [1.807, 2.05) is 36.6 Å². The number of rotatable bonds is 4. The fourth-order valence-corrected chi connectivity index (χ4v) is 3.69. The Labute approximate surface area is 175 Å². The van der Waals surface area contributed by atoms with Crippen molar-refractivity contribution in [1.29, 1.82) is 5.26 Å². The number of imidazole rings is 1. The van der Waals surface area contributed by atoms with Gasteiger partial charge in [0.2, 0.25) is 0 Å². The van der Waals surface area contributed by atoms with Crippen molar-refractivity contribution in [1.82, 2.24) is 14.0 Å². The first kappa shape index (κ1) is 19.5. The molecule has 4 rings (SSSR count). The lowest BCUT2D eigenvalue weighted by Gasteiger charge is -2.15. The zero-order valence-corrected chi connectivity index (χ0v) is 17.5. The van der Waals surface area contributed by atoms with Crippen LogP contribution < -0.4 is 10.9 Å². The predicted molar refractivity (Wildman–Crippen MR) is 118 cm³/mol. The molecule has 0 saturated heterocycles. The Bertz CT molecular complexity index is 1350. The number of nitrogens with one attached hydrogen (secondary N) is 1. The van der Waals surface area contributed by atoms with Gasteiger partial charge in [-0.3, -0.25) is 9.36 Å². The Morgan fingerprint density at radius 2 is 1.83 bits per heavy atom. The molecule has 0 radical (unpaired) electrons. The molecule has 0 fully saturated rings. The smallest absolute Gasteiger partial charge is 0.256 e. The van der Waals surface area contributed by atoms with Crippen molar-refractivity contribution >= 4 is 11.3 Å². The predicted octanol–water partition coefficient (Wildman–Crippen LogP) is 4.20. The molecule has 0 amide bonds. The Hall–Kier alpha value is -3.85. The second-order valence-corrected chi connectivity index (χ2v) is 7.55. The molecule has 4 aromatic rings. The molecule has 1 N–H and O–H groups in total. The number of aryl methyl sites for hydroxylation is 4. The number of hydrogen-bond acceptors (Lipinski definition) is 4.